The van der Waals surface area contributed by atoms with Crippen molar-refractivity contribution in [3.63, 3.8) is 0 Å². The van der Waals surface area contributed by atoms with E-state index < -0.39 is 0 Å². The first-order valence-corrected chi connectivity index (χ1v) is 9.00. The van der Waals surface area contributed by atoms with Crippen molar-refractivity contribution in [1.29, 1.82) is 0 Å². The molecule has 1 aliphatic carbocycles. The van der Waals surface area contributed by atoms with E-state index >= 15 is 0 Å². The lowest BCUT2D eigenvalue weighted by Crippen LogP contribution is -2.23. The summed E-state index contributed by atoms with van der Waals surface area (Å²) < 4.78 is 0. The normalized spacial score (nSPS) is 15.0. The average molecular weight is 330 g/mol. The van der Waals surface area contributed by atoms with Gasteiger partial charge in [-0.3, -0.25) is 4.98 Å². The molecule has 2 aromatic heterocycles. The lowest BCUT2D eigenvalue weighted by atomic mass is 9.95. The van der Waals surface area contributed by atoms with E-state index in [4.69, 9.17) is 9.97 Å². The first kappa shape index (κ1) is 15.8. The Morgan fingerprint density at radius 2 is 1.56 bits per heavy atom. The Bertz CT molecular complexity index is 754. The fourth-order valence-corrected chi connectivity index (χ4v) is 3.36. The molecule has 1 saturated carbocycles. The van der Waals surface area contributed by atoms with Crippen LogP contribution in [0.4, 0.5) is 5.82 Å². The minimum absolute atomic E-state index is 0.512. The summed E-state index contributed by atoms with van der Waals surface area (Å²) >= 11 is 0. The van der Waals surface area contributed by atoms with Crippen LogP contribution in [0.25, 0.3) is 22.6 Å². The highest BCUT2D eigenvalue weighted by molar-refractivity contribution is 5.67. The maximum atomic E-state index is 4.79. The Labute approximate surface area is 148 Å². The molecule has 0 aliphatic heterocycles. The van der Waals surface area contributed by atoms with E-state index in [1.807, 2.05) is 30.3 Å². The first-order chi connectivity index (χ1) is 12.4. The maximum Gasteiger partial charge on any atom is 0.162 e. The lowest BCUT2D eigenvalue weighted by molar-refractivity contribution is 0.462. The van der Waals surface area contributed by atoms with E-state index in [1.165, 1.54) is 32.1 Å². The van der Waals surface area contributed by atoms with Crippen molar-refractivity contribution in [3.05, 3.63) is 60.9 Å². The Morgan fingerprint density at radius 1 is 0.800 bits per heavy atom. The summed E-state index contributed by atoms with van der Waals surface area (Å²) in [6.45, 7) is 0. The van der Waals surface area contributed by atoms with E-state index in [0.29, 0.717) is 6.04 Å². The van der Waals surface area contributed by atoms with Gasteiger partial charge >= 0.3 is 0 Å². The van der Waals surface area contributed by atoms with Gasteiger partial charge in [0.25, 0.3) is 0 Å². The number of rotatable bonds is 4. The van der Waals surface area contributed by atoms with Gasteiger partial charge in [0.05, 0.1) is 5.69 Å². The molecule has 0 bridgehead atoms. The molecule has 25 heavy (non-hydrogen) atoms. The summed E-state index contributed by atoms with van der Waals surface area (Å²) in [6.07, 6.45) is 9.94. The van der Waals surface area contributed by atoms with Crippen LogP contribution in [0.3, 0.4) is 0 Å². The van der Waals surface area contributed by atoms with Crippen molar-refractivity contribution in [3.8, 4) is 22.6 Å². The minimum atomic E-state index is 0.512. The van der Waals surface area contributed by atoms with Gasteiger partial charge in [0.15, 0.2) is 5.82 Å². The van der Waals surface area contributed by atoms with Crippen molar-refractivity contribution >= 4 is 5.82 Å². The van der Waals surface area contributed by atoms with E-state index in [-0.39, 0.29) is 0 Å². The molecule has 1 N–H and O–H groups in total. The Balaban J connectivity index is 1.72. The predicted octanol–water partition coefficient (Wildman–Crippen LogP) is 4.95. The van der Waals surface area contributed by atoms with Crippen molar-refractivity contribution < 1.29 is 0 Å². The third-order valence-corrected chi connectivity index (χ3v) is 4.69. The van der Waals surface area contributed by atoms with Gasteiger partial charge in [0, 0.05) is 35.6 Å². The second-order valence-corrected chi connectivity index (χ2v) is 6.54. The fraction of sp³-hybridized carbons (Fsp3) is 0.286. The van der Waals surface area contributed by atoms with Crippen molar-refractivity contribution in [2.45, 2.75) is 38.1 Å². The summed E-state index contributed by atoms with van der Waals surface area (Å²) in [7, 11) is 0. The van der Waals surface area contributed by atoms with Crippen LogP contribution in [-0.2, 0) is 0 Å². The molecule has 0 amide bonds. The molecule has 2 heterocycles. The van der Waals surface area contributed by atoms with Crippen molar-refractivity contribution in [2.75, 3.05) is 5.32 Å². The molecular formula is C21H22N4. The SMILES string of the molecule is c1ccc(-c2cc(NC3CCCCC3)nc(-c3ccncc3)n2)cc1. The molecule has 4 rings (SSSR count). The number of pyridine rings is 1. The molecule has 4 heteroatoms. The molecule has 0 unspecified atom stereocenters. The number of hydrogen-bond donors (Lipinski definition) is 1. The fourth-order valence-electron chi connectivity index (χ4n) is 3.36. The van der Waals surface area contributed by atoms with Gasteiger partial charge in [-0.1, -0.05) is 49.6 Å². The van der Waals surface area contributed by atoms with Gasteiger partial charge < -0.3 is 5.32 Å². The van der Waals surface area contributed by atoms with Gasteiger partial charge in [-0.15, -0.1) is 0 Å². The number of nitrogens with zero attached hydrogens (tertiary/aromatic N) is 3. The smallest absolute Gasteiger partial charge is 0.162 e. The zero-order valence-electron chi connectivity index (χ0n) is 14.2. The second kappa shape index (κ2) is 7.43. The quantitative estimate of drug-likeness (QED) is 0.735. The largest absolute Gasteiger partial charge is 0.367 e. The summed E-state index contributed by atoms with van der Waals surface area (Å²) in [5.41, 5.74) is 3.03. The van der Waals surface area contributed by atoms with Gasteiger partial charge in [0.1, 0.15) is 5.82 Å². The van der Waals surface area contributed by atoms with Crippen molar-refractivity contribution in [1.82, 2.24) is 15.0 Å². The topological polar surface area (TPSA) is 50.7 Å². The van der Waals surface area contributed by atoms with Crippen LogP contribution in [-0.4, -0.2) is 21.0 Å². The highest BCUT2D eigenvalue weighted by atomic mass is 15.1. The van der Waals surface area contributed by atoms with Gasteiger partial charge in [-0.25, -0.2) is 9.97 Å². The molecule has 0 atom stereocenters. The first-order valence-electron chi connectivity index (χ1n) is 9.00. The van der Waals surface area contributed by atoms with E-state index in [1.54, 1.807) is 12.4 Å². The standard InChI is InChI=1S/C21H22N4/c1-3-7-16(8-4-1)19-15-20(23-18-9-5-2-6-10-18)25-21(24-19)17-11-13-22-14-12-17/h1,3-4,7-8,11-15,18H,2,5-6,9-10H2,(H,23,24,25). The van der Waals surface area contributed by atoms with E-state index in [9.17, 15) is 0 Å². The molecule has 0 radical (unpaired) electrons. The van der Waals surface area contributed by atoms with Gasteiger partial charge in [-0.05, 0) is 25.0 Å². The van der Waals surface area contributed by atoms with Crippen LogP contribution in [0, 0.1) is 0 Å². The lowest BCUT2D eigenvalue weighted by Gasteiger charge is -2.23. The molecule has 126 valence electrons. The second-order valence-electron chi connectivity index (χ2n) is 6.54. The highest BCUT2D eigenvalue weighted by Crippen LogP contribution is 2.26. The number of aromatic nitrogens is 3. The Morgan fingerprint density at radius 3 is 2.32 bits per heavy atom. The molecule has 3 aromatic rings. The average Bonchev–Trinajstić information content (AvgIpc) is 2.70. The Hall–Kier alpha value is -2.75. The van der Waals surface area contributed by atoms with Crippen LogP contribution in [0.15, 0.2) is 60.9 Å². The maximum absolute atomic E-state index is 4.79. The number of hydrogen-bond acceptors (Lipinski definition) is 4. The monoisotopic (exact) mass is 330 g/mol. The van der Waals surface area contributed by atoms with E-state index in [2.05, 4.69) is 28.5 Å². The Kier molecular flexibility index (Phi) is 4.68. The zero-order chi connectivity index (χ0) is 16.9. The van der Waals surface area contributed by atoms with Crippen LogP contribution < -0.4 is 5.32 Å². The molecule has 0 saturated heterocycles. The molecule has 1 aliphatic rings. The summed E-state index contributed by atoms with van der Waals surface area (Å²) in [5, 5.41) is 3.63. The van der Waals surface area contributed by atoms with Gasteiger partial charge in [-0.2, -0.15) is 0 Å². The van der Waals surface area contributed by atoms with Gasteiger partial charge in [0.2, 0.25) is 0 Å². The van der Waals surface area contributed by atoms with Crippen LogP contribution in [0.2, 0.25) is 0 Å². The summed E-state index contributed by atoms with van der Waals surface area (Å²) in [6, 6.07) is 16.8. The minimum Gasteiger partial charge on any atom is -0.367 e. The predicted molar refractivity (Wildman–Crippen MR) is 101 cm³/mol. The summed E-state index contributed by atoms with van der Waals surface area (Å²) in [5.74, 6) is 1.65. The number of nitrogens with one attached hydrogen (secondary N) is 1. The molecule has 4 nitrogen and oxygen atoms in total. The molecule has 1 aromatic carbocycles. The van der Waals surface area contributed by atoms with Crippen LogP contribution >= 0.6 is 0 Å². The third kappa shape index (κ3) is 3.85. The van der Waals surface area contributed by atoms with Crippen molar-refractivity contribution in [2.24, 2.45) is 0 Å². The highest BCUT2D eigenvalue weighted by Gasteiger charge is 2.15. The van der Waals surface area contributed by atoms with E-state index in [0.717, 1.165) is 28.5 Å². The number of benzene rings is 1. The third-order valence-electron chi connectivity index (χ3n) is 4.69. The molecule has 0 spiro atoms. The number of anilines is 1. The zero-order valence-corrected chi connectivity index (χ0v) is 14.2. The van der Waals surface area contributed by atoms with Crippen LogP contribution in [0.5, 0.6) is 0 Å². The molecule has 1 fully saturated rings. The molecular weight excluding hydrogens is 308 g/mol. The van der Waals surface area contributed by atoms with Crippen LogP contribution in [0.1, 0.15) is 32.1 Å². The summed E-state index contributed by atoms with van der Waals surface area (Å²) in [4.78, 5) is 13.7.